The molecule has 2 aliphatic rings. The molecule has 2 aliphatic carbocycles. The van der Waals surface area contributed by atoms with Crippen molar-refractivity contribution in [2.45, 2.75) is 51.7 Å². The molecule has 24 heavy (non-hydrogen) atoms. The fourth-order valence-corrected chi connectivity index (χ4v) is 4.21. The fraction of sp³-hybridized carbons (Fsp3) is 0.632. The minimum absolute atomic E-state index is 0. The number of halogens is 1. The Morgan fingerprint density at radius 2 is 2.12 bits per heavy atom. The Bertz CT molecular complexity index is 564. The predicted molar refractivity (Wildman–Crippen MR) is 98.4 cm³/mol. The molecule has 5 atom stereocenters. The van der Waals surface area contributed by atoms with Crippen LogP contribution in [0.1, 0.15) is 38.2 Å². The summed E-state index contributed by atoms with van der Waals surface area (Å²) < 4.78 is 6.00. The van der Waals surface area contributed by atoms with E-state index in [1.54, 1.807) is 0 Å². The van der Waals surface area contributed by atoms with E-state index in [4.69, 9.17) is 10.5 Å². The van der Waals surface area contributed by atoms with Gasteiger partial charge in [-0.1, -0.05) is 19.1 Å². The summed E-state index contributed by atoms with van der Waals surface area (Å²) in [5.41, 5.74) is 7.43. The SMILES string of the molecule is CCC(CNC(=O)C1C2CCC(C2)C1N)Oc1cccc(C)c1.Cl. The Labute approximate surface area is 150 Å². The monoisotopic (exact) mass is 352 g/mol. The molecule has 0 radical (unpaired) electrons. The number of carbonyl (C=O) groups is 1. The number of hydrogen-bond acceptors (Lipinski definition) is 3. The summed E-state index contributed by atoms with van der Waals surface area (Å²) in [7, 11) is 0. The highest BCUT2D eigenvalue weighted by atomic mass is 35.5. The van der Waals surface area contributed by atoms with Crippen molar-refractivity contribution in [3.8, 4) is 5.75 Å². The Hall–Kier alpha value is -1.26. The van der Waals surface area contributed by atoms with Crippen LogP contribution in [0.4, 0.5) is 0 Å². The number of benzene rings is 1. The lowest BCUT2D eigenvalue weighted by Crippen LogP contribution is -2.47. The van der Waals surface area contributed by atoms with Gasteiger partial charge in [-0.3, -0.25) is 4.79 Å². The normalized spacial score (nSPS) is 29.0. The maximum Gasteiger partial charge on any atom is 0.225 e. The molecular formula is C19H29ClN2O2. The van der Waals surface area contributed by atoms with Gasteiger partial charge < -0.3 is 15.8 Å². The molecule has 2 bridgehead atoms. The predicted octanol–water partition coefficient (Wildman–Crippen LogP) is 3.06. The maximum atomic E-state index is 12.5. The third-order valence-electron chi connectivity index (χ3n) is 5.53. The lowest BCUT2D eigenvalue weighted by molar-refractivity contribution is -0.127. The summed E-state index contributed by atoms with van der Waals surface area (Å²) in [6.07, 6.45) is 4.35. The summed E-state index contributed by atoms with van der Waals surface area (Å²) in [5.74, 6) is 2.04. The first-order valence-electron chi connectivity index (χ1n) is 8.85. The number of rotatable bonds is 6. The summed E-state index contributed by atoms with van der Waals surface area (Å²) in [6, 6.07) is 8.07. The van der Waals surface area contributed by atoms with Gasteiger partial charge in [0.2, 0.25) is 5.91 Å². The number of aryl methyl sites for hydroxylation is 1. The van der Waals surface area contributed by atoms with Crippen molar-refractivity contribution in [2.75, 3.05) is 6.54 Å². The summed E-state index contributed by atoms with van der Waals surface area (Å²) in [5, 5.41) is 3.08. The molecule has 1 aromatic rings. The van der Waals surface area contributed by atoms with Crippen molar-refractivity contribution in [3.05, 3.63) is 29.8 Å². The minimum atomic E-state index is -0.00411. The van der Waals surface area contributed by atoms with E-state index in [1.165, 1.54) is 12.0 Å². The van der Waals surface area contributed by atoms with Crippen molar-refractivity contribution >= 4 is 18.3 Å². The first kappa shape index (κ1) is 19.1. The first-order chi connectivity index (χ1) is 11.1. The molecule has 0 aliphatic heterocycles. The number of ether oxygens (including phenoxy) is 1. The van der Waals surface area contributed by atoms with Crippen LogP contribution in [0.2, 0.25) is 0 Å². The number of fused-ring (bicyclic) bond motifs is 2. The zero-order valence-corrected chi connectivity index (χ0v) is 15.4. The van der Waals surface area contributed by atoms with Crippen LogP contribution in [0, 0.1) is 24.7 Å². The van der Waals surface area contributed by atoms with Crippen LogP contribution in [0.15, 0.2) is 24.3 Å². The summed E-state index contributed by atoms with van der Waals surface area (Å²) in [6.45, 7) is 4.67. The van der Waals surface area contributed by atoms with Crippen LogP contribution in [-0.2, 0) is 4.79 Å². The molecule has 134 valence electrons. The summed E-state index contributed by atoms with van der Waals surface area (Å²) >= 11 is 0. The van der Waals surface area contributed by atoms with Gasteiger partial charge >= 0.3 is 0 Å². The highest BCUT2D eigenvalue weighted by molar-refractivity contribution is 5.85. The van der Waals surface area contributed by atoms with Gasteiger partial charge in [-0.15, -0.1) is 12.4 Å². The van der Waals surface area contributed by atoms with E-state index in [1.807, 2.05) is 31.2 Å². The van der Waals surface area contributed by atoms with Crippen LogP contribution < -0.4 is 15.8 Å². The van der Waals surface area contributed by atoms with Crippen LogP contribution in [0.5, 0.6) is 5.75 Å². The Kier molecular flexibility index (Phi) is 6.53. The molecule has 3 N–H and O–H groups in total. The van der Waals surface area contributed by atoms with Crippen molar-refractivity contribution in [1.29, 1.82) is 0 Å². The number of nitrogens with two attached hydrogens (primary N) is 1. The van der Waals surface area contributed by atoms with E-state index in [-0.39, 0.29) is 36.4 Å². The number of amides is 1. The molecule has 0 spiro atoms. The Morgan fingerprint density at radius 3 is 2.75 bits per heavy atom. The molecule has 5 heteroatoms. The summed E-state index contributed by atoms with van der Waals surface area (Å²) in [4.78, 5) is 12.5. The van der Waals surface area contributed by atoms with E-state index < -0.39 is 0 Å². The van der Waals surface area contributed by atoms with Crippen LogP contribution in [0.25, 0.3) is 0 Å². The highest BCUT2D eigenvalue weighted by Crippen LogP contribution is 2.47. The third-order valence-corrected chi connectivity index (χ3v) is 5.53. The zero-order valence-electron chi connectivity index (χ0n) is 14.5. The molecule has 5 unspecified atom stereocenters. The van der Waals surface area contributed by atoms with E-state index in [2.05, 4.69) is 12.2 Å². The van der Waals surface area contributed by atoms with Gasteiger partial charge in [-0.25, -0.2) is 0 Å². The largest absolute Gasteiger partial charge is 0.489 e. The standard InChI is InChI=1S/C19H28N2O2.ClH/c1-3-15(23-16-6-4-5-12(2)9-16)11-21-19(22)17-13-7-8-14(10-13)18(17)20;/h4-6,9,13-15,17-18H,3,7-8,10-11,20H2,1-2H3,(H,21,22);1H. The minimum Gasteiger partial charge on any atom is -0.489 e. The van der Waals surface area contributed by atoms with Crippen LogP contribution in [0.3, 0.4) is 0 Å². The molecule has 0 saturated heterocycles. The number of hydrogen-bond donors (Lipinski definition) is 2. The smallest absolute Gasteiger partial charge is 0.225 e. The topological polar surface area (TPSA) is 64.4 Å². The number of nitrogens with one attached hydrogen (secondary N) is 1. The Morgan fingerprint density at radius 1 is 1.38 bits per heavy atom. The lowest BCUT2D eigenvalue weighted by Gasteiger charge is -2.28. The molecule has 0 heterocycles. The molecule has 0 aromatic heterocycles. The van der Waals surface area contributed by atoms with Gasteiger partial charge in [0, 0.05) is 6.04 Å². The fourth-order valence-electron chi connectivity index (χ4n) is 4.21. The van der Waals surface area contributed by atoms with Crippen molar-refractivity contribution in [3.63, 3.8) is 0 Å². The van der Waals surface area contributed by atoms with E-state index >= 15 is 0 Å². The van der Waals surface area contributed by atoms with Crippen LogP contribution >= 0.6 is 12.4 Å². The molecule has 2 fully saturated rings. The number of carbonyl (C=O) groups excluding carboxylic acids is 1. The first-order valence-corrected chi connectivity index (χ1v) is 8.85. The second-order valence-electron chi connectivity index (χ2n) is 7.15. The van der Waals surface area contributed by atoms with Crippen LogP contribution in [-0.4, -0.2) is 24.6 Å². The highest BCUT2D eigenvalue weighted by Gasteiger charge is 2.48. The lowest BCUT2D eigenvalue weighted by atomic mass is 9.84. The third kappa shape index (κ3) is 4.04. The van der Waals surface area contributed by atoms with E-state index in [9.17, 15) is 4.79 Å². The molecule has 1 aromatic carbocycles. The zero-order chi connectivity index (χ0) is 16.4. The van der Waals surface area contributed by atoms with Gasteiger partial charge in [0.05, 0.1) is 12.5 Å². The van der Waals surface area contributed by atoms with Gasteiger partial charge in [0.15, 0.2) is 0 Å². The van der Waals surface area contributed by atoms with E-state index in [0.717, 1.165) is 25.0 Å². The van der Waals surface area contributed by atoms with Crippen molar-refractivity contribution in [1.82, 2.24) is 5.32 Å². The van der Waals surface area contributed by atoms with Gasteiger partial charge in [-0.05, 0) is 62.1 Å². The van der Waals surface area contributed by atoms with Crippen molar-refractivity contribution < 1.29 is 9.53 Å². The average molecular weight is 353 g/mol. The molecular weight excluding hydrogens is 324 g/mol. The quantitative estimate of drug-likeness (QED) is 0.827. The van der Waals surface area contributed by atoms with E-state index in [0.29, 0.717) is 18.4 Å². The second-order valence-corrected chi connectivity index (χ2v) is 7.15. The second kappa shape index (κ2) is 8.21. The van der Waals surface area contributed by atoms with Gasteiger partial charge in [-0.2, -0.15) is 0 Å². The molecule has 4 nitrogen and oxygen atoms in total. The maximum absolute atomic E-state index is 12.5. The molecule has 2 saturated carbocycles. The van der Waals surface area contributed by atoms with Gasteiger partial charge in [0.1, 0.15) is 11.9 Å². The van der Waals surface area contributed by atoms with Gasteiger partial charge in [0.25, 0.3) is 0 Å². The molecule has 3 rings (SSSR count). The Balaban J connectivity index is 0.00000208. The van der Waals surface area contributed by atoms with Crippen molar-refractivity contribution in [2.24, 2.45) is 23.5 Å². The molecule has 1 amide bonds. The average Bonchev–Trinajstić information content (AvgIpc) is 3.12.